The third-order valence-electron chi connectivity index (χ3n) is 4.96. The molecule has 8 heteroatoms. The fourth-order valence-electron chi connectivity index (χ4n) is 3.40. The lowest BCUT2D eigenvalue weighted by Gasteiger charge is -2.40. The van der Waals surface area contributed by atoms with Gasteiger partial charge in [-0.2, -0.15) is 4.37 Å². The Labute approximate surface area is 156 Å². The number of benzene rings is 1. The zero-order chi connectivity index (χ0) is 18.0. The molecule has 2 aromatic rings. The Morgan fingerprint density at radius 3 is 2.96 bits per heavy atom. The number of hydrogen-bond donors (Lipinski definition) is 1. The van der Waals surface area contributed by atoms with Gasteiger partial charge in [0, 0.05) is 51.0 Å². The highest BCUT2D eigenvalue weighted by molar-refractivity contribution is 7.09. The second-order valence-electron chi connectivity index (χ2n) is 6.69. The van der Waals surface area contributed by atoms with Crippen molar-refractivity contribution >= 4 is 22.6 Å². The number of hydrogen-bond acceptors (Lipinski definition) is 7. The van der Waals surface area contributed by atoms with Gasteiger partial charge in [-0.1, -0.05) is 12.1 Å². The van der Waals surface area contributed by atoms with Crippen molar-refractivity contribution < 1.29 is 14.3 Å². The normalized spacial score (nSPS) is 18.8. The van der Waals surface area contributed by atoms with Crippen molar-refractivity contribution in [3.05, 3.63) is 35.7 Å². The van der Waals surface area contributed by atoms with Crippen LogP contribution in [0.2, 0.25) is 0 Å². The van der Waals surface area contributed by atoms with Gasteiger partial charge in [-0.25, -0.2) is 4.98 Å². The summed E-state index contributed by atoms with van der Waals surface area (Å²) in [6, 6.07) is 7.45. The smallest absolute Gasteiger partial charge is 0.255 e. The van der Waals surface area contributed by atoms with Gasteiger partial charge in [-0.05, 0) is 12.1 Å². The van der Waals surface area contributed by atoms with Gasteiger partial charge in [0.25, 0.3) is 5.91 Å². The summed E-state index contributed by atoms with van der Waals surface area (Å²) < 4.78 is 15.8. The van der Waals surface area contributed by atoms with Gasteiger partial charge in [-0.15, -0.1) is 0 Å². The van der Waals surface area contributed by atoms with Crippen LogP contribution in [-0.4, -0.2) is 54.2 Å². The van der Waals surface area contributed by atoms with E-state index >= 15 is 0 Å². The quantitative estimate of drug-likeness (QED) is 0.881. The van der Waals surface area contributed by atoms with Crippen LogP contribution >= 0.6 is 11.5 Å². The summed E-state index contributed by atoms with van der Waals surface area (Å²) in [5.74, 6) is 1.44. The number of para-hydroxylation sites is 1. The largest absolute Gasteiger partial charge is 0.484 e. The highest BCUT2D eigenvalue weighted by atomic mass is 32.1. The van der Waals surface area contributed by atoms with Crippen molar-refractivity contribution in [2.75, 3.05) is 38.3 Å². The first kappa shape index (κ1) is 17.2. The molecule has 7 nitrogen and oxygen atoms in total. The molecule has 1 aromatic carbocycles. The topological polar surface area (TPSA) is 76.6 Å². The van der Waals surface area contributed by atoms with Gasteiger partial charge < -0.3 is 19.7 Å². The predicted molar refractivity (Wildman–Crippen MR) is 99.1 cm³/mol. The Bertz CT molecular complexity index is 786. The van der Waals surface area contributed by atoms with E-state index in [-0.39, 0.29) is 11.5 Å². The molecule has 0 saturated carbocycles. The zero-order valence-electron chi connectivity index (χ0n) is 14.7. The van der Waals surface area contributed by atoms with Crippen LogP contribution in [0.3, 0.4) is 0 Å². The summed E-state index contributed by atoms with van der Waals surface area (Å²) in [7, 11) is 1.68. The molecule has 1 amide bonds. The van der Waals surface area contributed by atoms with E-state index in [1.807, 2.05) is 24.3 Å². The summed E-state index contributed by atoms with van der Waals surface area (Å²) in [6.07, 6.45) is 2.39. The Balaban J connectivity index is 1.44. The third kappa shape index (κ3) is 3.39. The molecule has 1 aromatic heterocycles. The number of methoxy groups -OCH3 is 1. The summed E-state index contributed by atoms with van der Waals surface area (Å²) >= 11 is 1.43. The van der Waals surface area contributed by atoms with Gasteiger partial charge in [0.05, 0.1) is 18.7 Å². The van der Waals surface area contributed by atoms with Crippen molar-refractivity contribution in [3.8, 4) is 5.75 Å². The molecule has 3 heterocycles. The standard InChI is InChI=1S/C18H22N4O3S/c1-24-11-6-15-20-17(26-21-15)22-9-7-18(8-10-22)12-19-16(23)13-4-2-3-5-14(13)25-18/h2-5H,6-12H2,1H3,(H,19,23). The number of carbonyl (C=O) groups excluding carboxylic acids is 1. The fourth-order valence-corrected chi connectivity index (χ4v) is 4.16. The molecule has 138 valence electrons. The van der Waals surface area contributed by atoms with Gasteiger partial charge in [-0.3, -0.25) is 4.79 Å². The number of nitrogens with one attached hydrogen (secondary N) is 1. The molecule has 1 N–H and O–H groups in total. The van der Waals surface area contributed by atoms with Gasteiger partial charge >= 0.3 is 0 Å². The number of carbonyl (C=O) groups is 1. The maximum absolute atomic E-state index is 12.3. The van der Waals surface area contributed by atoms with Gasteiger partial charge in [0.15, 0.2) is 0 Å². The number of fused-ring (bicyclic) bond motifs is 1. The van der Waals surface area contributed by atoms with Gasteiger partial charge in [0.2, 0.25) is 5.13 Å². The number of amides is 1. The first-order valence-corrected chi connectivity index (χ1v) is 9.59. The van der Waals surface area contributed by atoms with Crippen molar-refractivity contribution in [3.63, 3.8) is 0 Å². The second-order valence-corrected chi connectivity index (χ2v) is 7.42. The molecule has 0 bridgehead atoms. The lowest BCUT2D eigenvalue weighted by Crippen LogP contribution is -2.53. The molecule has 1 fully saturated rings. The van der Waals surface area contributed by atoms with Crippen molar-refractivity contribution in [2.24, 2.45) is 0 Å². The second kappa shape index (κ2) is 7.20. The van der Waals surface area contributed by atoms with Crippen LogP contribution in [0.25, 0.3) is 0 Å². The number of piperidine rings is 1. The SMILES string of the molecule is COCCc1nsc(N2CCC3(CC2)CNC(=O)c2ccccc2O3)n1. The van der Waals surface area contributed by atoms with Crippen molar-refractivity contribution in [1.29, 1.82) is 0 Å². The first-order chi connectivity index (χ1) is 12.7. The Kier molecular flexibility index (Phi) is 4.78. The molecule has 1 spiro atoms. The van der Waals surface area contributed by atoms with E-state index in [4.69, 9.17) is 9.47 Å². The van der Waals surface area contributed by atoms with E-state index in [2.05, 4.69) is 19.6 Å². The highest BCUT2D eigenvalue weighted by Gasteiger charge is 2.40. The number of nitrogens with zero attached hydrogens (tertiary/aromatic N) is 3. The molecular weight excluding hydrogens is 352 g/mol. The average Bonchev–Trinajstić information content (AvgIpc) is 3.09. The fraction of sp³-hybridized carbons (Fsp3) is 0.500. The monoisotopic (exact) mass is 374 g/mol. The summed E-state index contributed by atoms with van der Waals surface area (Å²) in [4.78, 5) is 19.1. The summed E-state index contributed by atoms with van der Waals surface area (Å²) in [5.41, 5.74) is 0.251. The first-order valence-electron chi connectivity index (χ1n) is 8.82. The molecule has 2 aliphatic rings. The Morgan fingerprint density at radius 2 is 2.15 bits per heavy atom. The van der Waals surface area contributed by atoms with Crippen LogP contribution in [0, 0.1) is 0 Å². The van der Waals surface area contributed by atoms with Gasteiger partial charge in [0.1, 0.15) is 17.2 Å². The third-order valence-corrected chi connectivity index (χ3v) is 5.78. The van der Waals surface area contributed by atoms with Crippen molar-refractivity contribution in [2.45, 2.75) is 24.9 Å². The molecule has 0 aliphatic carbocycles. The zero-order valence-corrected chi connectivity index (χ0v) is 15.6. The lowest BCUT2D eigenvalue weighted by atomic mass is 9.91. The number of rotatable bonds is 4. The molecule has 0 radical (unpaired) electrons. The molecule has 0 unspecified atom stereocenters. The summed E-state index contributed by atoms with van der Waals surface area (Å²) in [5, 5.41) is 3.97. The van der Waals surface area contributed by atoms with Crippen LogP contribution in [0.4, 0.5) is 5.13 Å². The molecule has 1 saturated heterocycles. The van der Waals surface area contributed by atoms with Crippen LogP contribution in [0.5, 0.6) is 5.75 Å². The number of ether oxygens (including phenoxy) is 2. The van der Waals surface area contributed by atoms with E-state index in [9.17, 15) is 4.79 Å². The predicted octanol–water partition coefficient (Wildman–Crippen LogP) is 1.89. The van der Waals surface area contributed by atoms with E-state index in [1.165, 1.54) is 11.5 Å². The van der Waals surface area contributed by atoms with Crippen LogP contribution in [-0.2, 0) is 11.2 Å². The van der Waals surface area contributed by atoms with Crippen LogP contribution in [0.1, 0.15) is 29.0 Å². The average molecular weight is 374 g/mol. The maximum Gasteiger partial charge on any atom is 0.255 e. The molecule has 2 aliphatic heterocycles. The minimum absolute atomic E-state index is 0.0631. The molecule has 0 atom stereocenters. The maximum atomic E-state index is 12.3. The van der Waals surface area contributed by atoms with Crippen LogP contribution in [0.15, 0.2) is 24.3 Å². The highest BCUT2D eigenvalue weighted by Crippen LogP contribution is 2.34. The van der Waals surface area contributed by atoms with E-state index in [0.717, 1.165) is 43.3 Å². The number of aromatic nitrogens is 2. The number of anilines is 1. The minimum atomic E-state index is -0.359. The van der Waals surface area contributed by atoms with Crippen molar-refractivity contribution in [1.82, 2.24) is 14.7 Å². The molecular formula is C18H22N4O3S. The van der Waals surface area contributed by atoms with E-state index < -0.39 is 0 Å². The van der Waals surface area contributed by atoms with E-state index in [0.29, 0.717) is 24.5 Å². The Hall–Kier alpha value is -2.19. The van der Waals surface area contributed by atoms with Crippen LogP contribution < -0.4 is 15.0 Å². The Morgan fingerprint density at radius 1 is 1.35 bits per heavy atom. The minimum Gasteiger partial charge on any atom is -0.484 e. The van der Waals surface area contributed by atoms with E-state index in [1.54, 1.807) is 7.11 Å². The molecule has 4 rings (SSSR count). The summed E-state index contributed by atoms with van der Waals surface area (Å²) in [6.45, 7) is 2.82. The molecule has 26 heavy (non-hydrogen) atoms. The lowest BCUT2D eigenvalue weighted by molar-refractivity contribution is 0.0473.